The number of anilines is 2. The van der Waals surface area contributed by atoms with Crippen LogP contribution < -0.4 is 11.1 Å². The van der Waals surface area contributed by atoms with Crippen LogP contribution in [-0.4, -0.2) is 32.8 Å². The normalized spacial score (nSPS) is 10.5. The van der Waals surface area contributed by atoms with Crippen molar-refractivity contribution in [3.63, 3.8) is 0 Å². The fraction of sp³-hybridized carbons (Fsp3) is 0.500. The largest absolute Gasteiger partial charge is 0.465 e. The van der Waals surface area contributed by atoms with Gasteiger partial charge in [-0.1, -0.05) is 19.9 Å². The Morgan fingerprint density at radius 3 is 2.79 bits per heavy atom. The van der Waals surface area contributed by atoms with Crippen LogP contribution in [0.15, 0.2) is 18.2 Å². The Morgan fingerprint density at radius 2 is 2.16 bits per heavy atom. The van der Waals surface area contributed by atoms with Crippen molar-refractivity contribution >= 4 is 17.3 Å². The second-order valence-electron chi connectivity index (χ2n) is 4.66. The van der Waals surface area contributed by atoms with E-state index in [1.54, 1.807) is 18.2 Å². The van der Waals surface area contributed by atoms with Gasteiger partial charge in [-0.2, -0.15) is 0 Å². The lowest BCUT2D eigenvalue weighted by Gasteiger charge is -2.13. The predicted octanol–water partition coefficient (Wildman–Crippen LogP) is 2.14. The molecule has 0 unspecified atom stereocenters. The third kappa shape index (κ3) is 4.79. The molecule has 5 heteroatoms. The van der Waals surface area contributed by atoms with Gasteiger partial charge in [0.05, 0.1) is 30.7 Å². The molecule has 0 fully saturated rings. The van der Waals surface area contributed by atoms with Gasteiger partial charge in [0.2, 0.25) is 0 Å². The second kappa shape index (κ2) is 7.63. The van der Waals surface area contributed by atoms with E-state index < -0.39 is 5.97 Å². The Morgan fingerprint density at radius 1 is 1.42 bits per heavy atom. The molecule has 19 heavy (non-hydrogen) atoms. The van der Waals surface area contributed by atoms with Gasteiger partial charge in [-0.15, -0.1) is 0 Å². The topological polar surface area (TPSA) is 73.6 Å². The highest BCUT2D eigenvalue weighted by Crippen LogP contribution is 2.23. The standard InChI is InChI=1S/C14H22N2O3/c1-10(2)9-19-8-7-16-13-11(14(17)18-3)5-4-6-12(13)15/h4-6,10,16H,7-9,15H2,1-3H3. The van der Waals surface area contributed by atoms with Crippen LogP contribution in [-0.2, 0) is 9.47 Å². The van der Waals surface area contributed by atoms with Crippen LogP contribution in [0.3, 0.4) is 0 Å². The average Bonchev–Trinajstić information content (AvgIpc) is 2.38. The van der Waals surface area contributed by atoms with Crippen LogP contribution in [0, 0.1) is 5.92 Å². The van der Waals surface area contributed by atoms with Gasteiger partial charge in [-0.05, 0) is 18.1 Å². The number of ether oxygens (including phenoxy) is 2. The summed E-state index contributed by atoms with van der Waals surface area (Å²) in [5.74, 6) is 0.102. The van der Waals surface area contributed by atoms with Crippen molar-refractivity contribution in [3.05, 3.63) is 23.8 Å². The van der Waals surface area contributed by atoms with E-state index >= 15 is 0 Å². The van der Waals surface area contributed by atoms with E-state index in [2.05, 4.69) is 19.2 Å². The van der Waals surface area contributed by atoms with Gasteiger partial charge in [0, 0.05) is 13.2 Å². The predicted molar refractivity (Wildman–Crippen MR) is 76.3 cm³/mol. The van der Waals surface area contributed by atoms with Crippen LogP contribution >= 0.6 is 0 Å². The molecule has 1 rings (SSSR count). The maximum absolute atomic E-state index is 11.6. The van der Waals surface area contributed by atoms with Gasteiger partial charge >= 0.3 is 5.97 Å². The summed E-state index contributed by atoms with van der Waals surface area (Å²) in [5, 5.41) is 3.12. The molecule has 0 aliphatic rings. The quantitative estimate of drug-likeness (QED) is 0.449. The first-order valence-corrected chi connectivity index (χ1v) is 6.34. The minimum Gasteiger partial charge on any atom is -0.465 e. The third-order valence-electron chi connectivity index (χ3n) is 2.50. The summed E-state index contributed by atoms with van der Waals surface area (Å²) in [4.78, 5) is 11.6. The number of rotatable bonds is 7. The Balaban J connectivity index is 2.59. The average molecular weight is 266 g/mol. The van der Waals surface area contributed by atoms with E-state index in [1.165, 1.54) is 7.11 Å². The number of hydrogen-bond donors (Lipinski definition) is 2. The van der Waals surface area contributed by atoms with E-state index in [0.29, 0.717) is 36.0 Å². The van der Waals surface area contributed by atoms with Gasteiger partial charge < -0.3 is 20.5 Å². The first-order chi connectivity index (χ1) is 9.06. The summed E-state index contributed by atoms with van der Waals surface area (Å²) in [6.45, 7) is 6.06. The molecular formula is C14H22N2O3. The summed E-state index contributed by atoms with van der Waals surface area (Å²) in [6, 6.07) is 5.14. The molecule has 0 radical (unpaired) electrons. The molecule has 0 heterocycles. The minimum absolute atomic E-state index is 0.405. The number of carbonyl (C=O) groups is 1. The van der Waals surface area contributed by atoms with Crippen LogP contribution in [0.4, 0.5) is 11.4 Å². The van der Waals surface area contributed by atoms with Crippen LogP contribution in [0.25, 0.3) is 0 Å². The first kappa shape index (κ1) is 15.3. The number of nitrogens with two attached hydrogens (primary N) is 1. The lowest BCUT2D eigenvalue weighted by molar-refractivity contribution is 0.0601. The Labute approximate surface area is 114 Å². The number of nitrogen functional groups attached to an aromatic ring is 1. The monoisotopic (exact) mass is 266 g/mol. The van der Waals surface area contributed by atoms with Crippen molar-refractivity contribution in [1.29, 1.82) is 0 Å². The SMILES string of the molecule is COC(=O)c1cccc(N)c1NCCOCC(C)C. The molecule has 0 amide bonds. The summed E-state index contributed by atoms with van der Waals surface area (Å²) in [5.41, 5.74) is 7.42. The molecule has 0 aliphatic carbocycles. The summed E-state index contributed by atoms with van der Waals surface area (Å²) < 4.78 is 10.2. The zero-order valence-electron chi connectivity index (χ0n) is 11.7. The van der Waals surface area contributed by atoms with Crippen molar-refractivity contribution in [2.75, 3.05) is 37.9 Å². The fourth-order valence-corrected chi connectivity index (χ4v) is 1.61. The smallest absolute Gasteiger partial charge is 0.340 e. The Kier molecular flexibility index (Phi) is 6.15. The molecule has 0 saturated carbocycles. The number of esters is 1. The van der Waals surface area contributed by atoms with Crippen LogP contribution in [0.2, 0.25) is 0 Å². The first-order valence-electron chi connectivity index (χ1n) is 6.34. The van der Waals surface area contributed by atoms with Gasteiger partial charge in [0.15, 0.2) is 0 Å². The van der Waals surface area contributed by atoms with Gasteiger partial charge in [0.1, 0.15) is 0 Å². The number of methoxy groups -OCH3 is 1. The molecule has 3 N–H and O–H groups in total. The maximum Gasteiger partial charge on any atom is 0.340 e. The zero-order valence-corrected chi connectivity index (χ0v) is 11.7. The third-order valence-corrected chi connectivity index (χ3v) is 2.50. The van der Waals surface area contributed by atoms with Gasteiger partial charge in [-0.25, -0.2) is 4.79 Å². The Hall–Kier alpha value is -1.75. The lowest BCUT2D eigenvalue weighted by Crippen LogP contribution is -2.15. The van der Waals surface area contributed by atoms with Crippen molar-refractivity contribution < 1.29 is 14.3 Å². The highest BCUT2D eigenvalue weighted by molar-refractivity contribution is 5.98. The summed E-state index contributed by atoms with van der Waals surface area (Å²) in [6.07, 6.45) is 0. The second-order valence-corrected chi connectivity index (χ2v) is 4.66. The number of para-hydroxylation sites is 1. The van der Waals surface area contributed by atoms with E-state index in [1.807, 2.05) is 0 Å². The molecule has 0 saturated heterocycles. The summed E-state index contributed by atoms with van der Waals surface area (Å²) in [7, 11) is 1.35. The molecule has 5 nitrogen and oxygen atoms in total. The molecule has 0 aliphatic heterocycles. The summed E-state index contributed by atoms with van der Waals surface area (Å²) >= 11 is 0. The van der Waals surface area contributed by atoms with Crippen molar-refractivity contribution in [2.45, 2.75) is 13.8 Å². The molecule has 1 aromatic rings. The maximum atomic E-state index is 11.6. The fourth-order valence-electron chi connectivity index (χ4n) is 1.61. The van der Waals surface area contributed by atoms with E-state index in [-0.39, 0.29) is 0 Å². The van der Waals surface area contributed by atoms with Crippen molar-refractivity contribution in [2.24, 2.45) is 5.92 Å². The molecular weight excluding hydrogens is 244 g/mol. The molecule has 0 aromatic heterocycles. The molecule has 0 spiro atoms. The lowest BCUT2D eigenvalue weighted by atomic mass is 10.1. The molecule has 1 aromatic carbocycles. The van der Waals surface area contributed by atoms with E-state index in [4.69, 9.17) is 15.2 Å². The van der Waals surface area contributed by atoms with Crippen molar-refractivity contribution in [3.8, 4) is 0 Å². The van der Waals surface area contributed by atoms with E-state index in [0.717, 1.165) is 6.61 Å². The van der Waals surface area contributed by atoms with Crippen LogP contribution in [0.5, 0.6) is 0 Å². The molecule has 0 bridgehead atoms. The van der Waals surface area contributed by atoms with Gasteiger partial charge in [-0.3, -0.25) is 0 Å². The number of carbonyl (C=O) groups excluding carboxylic acids is 1. The number of benzene rings is 1. The molecule has 0 atom stereocenters. The van der Waals surface area contributed by atoms with E-state index in [9.17, 15) is 4.79 Å². The van der Waals surface area contributed by atoms with Gasteiger partial charge in [0.25, 0.3) is 0 Å². The van der Waals surface area contributed by atoms with Crippen LogP contribution in [0.1, 0.15) is 24.2 Å². The highest BCUT2D eigenvalue weighted by atomic mass is 16.5. The molecule has 106 valence electrons. The Bertz CT molecular complexity index is 419. The van der Waals surface area contributed by atoms with Crippen molar-refractivity contribution in [1.82, 2.24) is 0 Å². The number of hydrogen-bond acceptors (Lipinski definition) is 5. The highest BCUT2D eigenvalue weighted by Gasteiger charge is 2.13. The number of nitrogens with one attached hydrogen (secondary N) is 1. The zero-order chi connectivity index (χ0) is 14.3. The minimum atomic E-state index is -0.405.